The second kappa shape index (κ2) is 5.05. The third kappa shape index (κ3) is 3.07. The molecule has 1 aromatic rings. The topological polar surface area (TPSA) is 37.3 Å². The van der Waals surface area contributed by atoms with Gasteiger partial charge in [0.2, 0.25) is 0 Å². The lowest BCUT2D eigenvalue weighted by atomic mass is 10.0. The number of hydrogen-bond acceptors (Lipinski definition) is 1. The molecule has 0 bridgehead atoms. The van der Waals surface area contributed by atoms with Crippen LogP contribution in [0.15, 0.2) is 30.3 Å². The van der Waals surface area contributed by atoms with Crippen molar-refractivity contribution in [2.24, 2.45) is 17.3 Å². The molecule has 1 aliphatic rings. The Kier molecular flexibility index (Phi) is 3.82. The Morgan fingerprint density at radius 3 is 2.19 bits per heavy atom. The molecule has 1 fully saturated rings. The average Bonchev–Trinajstić information content (AvgIpc) is 2.88. The molecule has 1 saturated carbocycles. The summed E-state index contributed by atoms with van der Waals surface area (Å²) in [6.45, 7) is 3.31. The smallest absolute Gasteiger partial charge is 0.416 e. The fourth-order valence-corrected chi connectivity index (χ4v) is 2.75. The van der Waals surface area contributed by atoms with E-state index in [-0.39, 0.29) is 5.56 Å². The Labute approximate surface area is 125 Å². The molecule has 0 aromatic heterocycles. The molecular formula is C15H14ClF3O2. The van der Waals surface area contributed by atoms with E-state index in [1.165, 1.54) is 24.3 Å². The maximum absolute atomic E-state index is 13.2. The summed E-state index contributed by atoms with van der Waals surface area (Å²) in [7, 11) is 0. The zero-order chi connectivity index (χ0) is 16.0. The molecule has 0 unspecified atom stereocenters. The molecule has 2 nitrogen and oxygen atoms in total. The number of halogens is 4. The van der Waals surface area contributed by atoms with E-state index < -0.39 is 35.0 Å². The molecule has 114 valence electrons. The van der Waals surface area contributed by atoms with Crippen molar-refractivity contribution in [3.05, 3.63) is 40.9 Å². The summed E-state index contributed by atoms with van der Waals surface area (Å²) < 4.78 is 39.7. The zero-order valence-corrected chi connectivity index (χ0v) is 12.2. The van der Waals surface area contributed by atoms with Gasteiger partial charge in [0, 0.05) is 5.02 Å². The van der Waals surface area contributed by atoms with Crippen LogP contribution in [0.4, 0.5) is 13.2 Å². The van der Waals surface area contributed by atoms with Gasteiger partial charge in [-0.2, -0.15) is 13.2 Å². The number of carboxylic acids is 1. The largest absolute Gasteiger partial charge is 0.481 e. The van der Waals surface area contributed by atoms with E-state index in [2.05, 4.69) is 0 Å². The quantitative estimate of drug-likeness (QED) is 0.881. The van der Waals surface area contributed by atoms with Gasteiger partial charge in [-0.05, 0) is 29.0 Å². The van der Waals surface area contributed by atoms with Crippen molar-refractivity contribution in [2.45, 2.75) is 20.0 Å². The highest BCUT2D eigenvalue weighted by Crippen LogP contribution is 2.60. The number of carbonyl (C=O) groups is 1. The van der Waals surface area contributed by atoms with Gasteiger partial charge in [0.1, 0.15) is 0 Å². The number of hydrogen-bond donors (Lipinski definition) is 1. The van der Waals surface area contributed by atoms with Crippen molar-refractivity contribution >= 4 is 23.1 Å². The fourth-order valence-electron chi connectivity index (χ4n) is 2.62. The van der Waals surface area contributed by atoms with E-state index in [1.54, 1.807) is 13.8 Å². The number of aliphatic carboxylic acids is 1. The molecule has 1 N–H and O–H groups in total. The van der Waals surface area contributed by atoms with Crippen LogP contribution in [0.3, 0.4) is 0 Å². The number of benzene rings is 1. The normalized spacial score (nSPS) is 24.8. The molecule has 0 aliphatic heterocycles. The van der Waals surface area contributed by atoms with Gasteiger partial charge < -0.3 is 5.11 Å². The fraction of sp³-hybridized carbons (Fsp3) is 0.400. The molecule has 2 atom stereocenters. The van der Waals surface area contributed by atoms with Crippen LogP contribution in [-0.4, -0.2) is 17.3 Å². The summed E-state index contributed by atoms with van der Waals surface area (Å²) in [5.74, 6) is -2.50. The first-order valence-corrected chi connectivity index (χ1v) is 6.70. The lowest BCUT2D eigenvalue weighted by Gasteiger charge is -2.12. The molecule has 1 aliphatic carbocycles. The van der Waals surface area contributed by atoms with Crippen LogP contribution in [-0.2, 0) is 4.79 Å². The van der Waals surface area contributed by atoms with Gasteiger partial charge in [-0.1, -0.05) is 43.7 Å². The Hall–Kier alpha value is -1.49. The molecule has 0 heterocycles. The summed E-state index contributed by atoms with van der Waals surface area (Å²) >= 11 is 5.68. The summed E-state index contributed by atoms with van der Waals surface area (Å²) in [4.78, 5) is 11.1. The van der Waals surface area contributed by atoms with Gasteiger partial charge in [0.05, 0.1) is 11.5 Å². The molecule has 6 heteroatoms. The van der Waals surface area contributed by atoms with Crippen molar-refractivity contribution in [1.29, 1.82) is 0 Å². The van der Waals surface area contributed by atoms with Gasteiger partial charge in [0.15, 0.2) is 0 Å². The van der Waals surface area contributed by atoms with Crippen molar-refractivity contribution in [3.63, 3.8) is 0 Å². The maximum Gasteiger partial charge on any atom is 0.416 e. The first-order valence-electron chi connectivity index (χ1n) is 6.33. The van der Waals surface area contributed by atoms with Gasteiger partial charge in [-0.25, -0.2) is 0 Å². The minimum Gasteiger partial charge on any atom is -0.481 e. The second-order valence-corrected chi connectivity index (χ2v) is 6.18. The van der Waals surface area contributed by atoms with Crippen molar-refractivity contribution < 1.29 is 23.1 Å². The van der Waals surface area contributed by atoms with E-state index >= 15 is 0 Å². The molecule has 0 amide bonds. The van der Waals surface area contributed by atoms with Crippen LogP contribution in [0.25, 0.3) is 5.57 Å². The first kappa shape index (κ1) is 15.9. The van der Waals surface area contributed by atoms with E-state index in [0.29, 0.717) is 5.02 Å². The van der Waals surface area contributed by atoms with Crippen LogP contribution in [0, 0.1) is 17.3 Å². The van der Waals surface area contributed by atoms with E-state index in [4.69, 9.17) is 16.7 Å². The van der Waals surface area contributed by atoms with Gasteiger partial charge >= 0.3 is 12.1 Å². The Balaban J connectivity index is 2.41. The second-order valence-electron chi connectivity index (χ2n) is 5.75. The molecule has 2 rings (SSSR count). The van der Waals surface area contributed by atoms with Crippen molar-refractivity contribution in [1.82, 2.24) is 0 Å². The lowest BCUT2D eigenvalue weighted by Crippen LogP contribution is -2.11. The Bertz CT molecular complexity index is 588. The highest BCUT2D eigenvalue weighted by molar-refractivity contribution is 6.30. The Morgan fingerprint density at radius 1 is 1.29 bits per heavy atom. The van der Waals surface area contributed by atoms with Crippen LogP contribution >= 0.6 is 11.6 Å². The highest BCUT2D eigenvalue weighted by atomic mass is 35.5. The van der Waals surface area contributed by atoms with Crippen molar-refractivity contribution in [3.8, 4) is 0 Å². The van der Waals surface area contributed by atoms with Crippen LogP contribution < -0.4 is 0 Å². The summed E-state index contributed by atoms with van der Waals surface area (Å²) in [6, 6.07) is 5.33. The lowest BCUT2D eigenvalue weighted by molar-refractivity contribution is -0.139. The predicted octanol–water partition coefficient (Wildman–Crippen LogP) is 4.64. The molecule has 0 spiro atoms. The Morgan fingerprint density at radius 2 is 1.81 bits per heavy atom. The first-order chi connectivity index (χ1) is 9.55. The number of rotatable bonds is 3. The van der Waals surface area contributed by atoms with Gasteiger partial charge in [0.25, 0.3) is 0 Å². The summed E-state index contributed by atoms with van der Waals surface area (Å²) in [6.07, 6.45) is -3.52. The van der Waals surface area contributed by atoms with E-state index in [9.17, 15) is 18.0 Å². The third-order valence-electron chi connectivity index (χ3n) is 3.98. The predicted molar refractivity (Wildman–Crippen MR) is 73.9 cm³/mol. The molecule has 0 radical (unpaired) electrons. The highest BCUT2D eigenvalue weighted by Gasteiger charge is 2.61. The minimum atomic E-state index is -4.55. The SMILES string of the molecule is CC1(C)[C@H](/C=C(/c2ccc(Cl)cc2)C(F)(F)F)[C@H]1C(=O)O. The number of allylic oxidation sites excluding steroid dienone is 2. The molecule has 21 heavy (non-hydrogen) atoms. The number of alkyl halides is 3. The van der Waals surface area contributed by atoms with Crippen LogP contribution in [0.1, 0.15) is 19.4 Å². The van der Waals surface area contributed by atoms with Crippen molar-refractivity contribution in [2.75, 3.05) is 0 Å². The molecule has 0 saturated heterocycles. The summed E-state index contributed by atoms with van der Waals surface area (Å²) in [5, 5.41) is 9.40. The minimum absolute atomic E-state index is 0.0151. The van der Waals surface area contributed by atoms with E-state index in [1.807, 2.05) is 0 Å². The molecular weight excluding hydrogens is 305 g/mol. The average molecular weight is 319 g/mol. The number of carboxylic acid groups (broad SMARTS) is 1. The standard InChI is InChI=1S/C15H14ClF3O2/c1-14(2)11(12(14)13(20)21)7-10(15(17,18)19)8-3-5-9(16)6-4-8/h3-7,11-12H,1-2H3,(H,20,21)/b10-7-/t11-,12+/m1/s1. The van der Waals surface area contributed by atoms with Gasteiger partial charge in [-0.15, -0.1) is 0 Å². The van der Waals surface area contributed by atoms with E-state index in [0.717, 1.165) is 6.08 Å². The third-order valence-corrected chi connectivity index (χ3v) is 4.24. The summed E-state index contributed by atoms with van der Waals surface area (Å²) in [5.41, 5.74) is -1.51. The maximum atomic E-state index is 13.2. The molecule has 1 aromatic carbocycles. The van der Waals surface area contributed by atoms with Gasteiger partial charge in [-0.3, -0.25) is 4.79 Å². The monoisotopic (exact) mass is 318 g/mol. The van der Waals surface area contributed by atoms with Crippen LogP contribution in [0.2, 0.25) is 5.02 Å². The zero-order valence-electron chi connectivity index (χ0n) is 11.4. The van der Waals surface area contributed by atoms with Crippen LogP contribution in [0.5, 0.6) is 0 Å².